The molecule has 2 nitrogen and oxygen atoms in total. The van der Waals surface area contributed by atoms with Crippen molar-refractivity contribution in [3.8, 4) is 0 Å². The predicted molar refractivity (Wildman–Crippen MR) is 70.7 cm³/mol. The molecule has 1 aromatic heterocycles. The van der Waals surface area contributed by atoms with Crippen molar-refractivity contribution in [1.82, 2.24) is 4.98 Å². The van der Waals surface area contributed by atoms with Crippen LogP contribution in [-0.4, -0.2) is 4.98 Å². The Hall–Kier alpha value is -1.56. The van der Waals surface area contributed by atoms with E-state index in [1.807, 2.05) is 12.1 Å². The minimum Gasteiger partial charge on any atom is -0.378 e. The van der Waals surface area contributed by atoms with E-state index in [1.54, 1.807) is 12.3 Å². The minimum absolute atomic E-state index is 0.373. The van der Waals surface area contributed by atoms with E-state index in [0.717, 1.165) is 17.8 Å². The average molecular weight is 331 g/mol. The molecule has 0 unspecified atom stereocenters. The highest BCUT2D eigenvalue weighted by Gasteiger charge is 2.30. The lowest BCUT2D eigenvalue weighted by Crippen LogP contribution is -2.06. The van der Waals surface area contributed by atoms with Crippen LogP contribution in [0.1, 0.15) is 11.3 Å². The number of hydrogen-bond acceptors (Lipinski definition) is 2. The highest BCUT2D eigenvalue weighted by atomic mass is 79.9. The van der Waals surface area contributed by atoms with Gasteiger partial charge in [0.15, 0.2) is 0 Å². The third-order valence-corrected chi connectivity index (χ3v) is 3.14. The van der Waals surface area contributed by atoms with Gasteiger partial charge in [-0.15, -0.1) is 0 Å². The van der Waals surface area contributed by atoms with Crippen LogP contribution in [0.3, 0.4) is 0 Å². The third kappa shape index (κ3) is 3.70. The molecule has 2 aromatic rings. The first-order chi connectivity index (χ1) is 8.97. The second kappa shape index (κ2) is 5.61. The molecule has 0 aliphatic rings. The van der Waals surface area contributed by atoms with Crippen LogP contribution in [0, 0.1) is 0 Å². The summed E-state index contributed by atoms with van der Waals surface area (Å²) in [5, 5.41) is 3.03. The first-order valence-corrected chi connectivity index (χ1v) is 6.26. The van der Waals surface area contributed by atoms with Gasteiger partial charge in [-0.25, -0.2) is 0 Å². The molecule has 19 heavy (non-hydrogen) atoms. The monoisotopic (exact) mass is 330 g/mol. The molecule has 100 valence electrons. The topological polar surface area (TPSA) is 24.9 Å². The zero-order chi connectivity index (χ0) is 13.9. The van der Waals surface area contributed by atoms with Crippen LogP contribution >= 0.6 is 15.9 Å². The fourth-order valence-electron chi connectivity index (χ4n) is 1.52. The van der Waals surface area contributed by atoms with E-state index >= 15 is 0 Å². The van der Waals surface area contributed by atoms with Gasteiger partial charge in [-0.2, -0.15) is 13.2 Å². The van der Waals surface area contributed by atoms with Crippen molar-refractivity contribution in [2.75, 3.05) is 5.32 Å². The van der Waals surface area contributed by atoms with Gasteiger partial charge in [0.1, 0.15) is 0 Å². The van der Waals surface area contributed by atoms with Crippen LogP contribution in [0.15, 0.2) is 47.1 Å². The molecule has 0 saturated carbocycles. The molecule has 2 rings (SSSR count). The lowest BCUT2D eigenvalue weighted by molar-refractivity contribution is -0.137. The number of hydrogen-bond donors (Lipinski definition) is 1. The van der Waals surface area contributed by atoms with Crippen molar-refractivity contribution in [2.24, 2.45) is 0 Å². The predicted octanol–water partition coefficient (Wildman–Crippen LogP) is 4.48. The Morgan fingerprint density at radius 1 is 1.16 bits per heavy atom. The number of halogens is 4. The van der Waals surface area contributed by atoms with Crippen molar-refractivity contribution in [1.29, 1.82) is 0 Å². The van der Waals surface area contributed by atoms with Gasteiger partial charge in [-0.3, -0.25) is 4.98 Å². The molecule has 1 heterocycles. The lowest BCUT2D eigenvalue weighted by atomic mass is 10.2. The molecule has 0 amide bonds. The molecule has 0 saturated heterocycles. The van der Waals surface area contributed by atoms with Gasteiger partial charge in [0.05, 0.1) is 17.8 Å². The fourth-order valence-corrected chi connectivity index (χ4v) is 2.04. The highest BCUT2D eigenvalue weighted by Crippen LogP contribution is 2.33. The van der Waals surface area contributed by atoms with E-state index in [2.05, 4.69) is 26.2 Å². The van der Waals surface area contributed by atoms with Crippen LogP contribution in [0.5, 0.6) is 0 Å². The van der Waals surface area contributed by atoms with Gasteiger partial charge in [0.2, 0.25) is 0 Å². The maximum atomic E-state index is 12.5. The van der Waals surface area contributed by atoms with E-state index < -0.39 is 11.7 Å². The highest BCUT2D eigenvalue weighted by molar-refractivity contribution is 9.10. The Morgan fingerprint density at radius 3 is 2.53 bits per heavy atom. The van der Waals surface area contributed by atoms with Crippen molar-refractivity contribution in [3.63, 3.8) is 0 Å². The number of anilines is 1. The summed E-state index contributed by atoms with van der Waals surface area (Å²) >= 11 is 3.13. The van der Waals surface area contributed by atoms with Crippen LogP contribution < -0.4 is 5.32 Å². The summed E-state index contributed by atoms with van der Waals surface area (Å²) in [7, 11) is 0. The Morgan fingerprint density at radius 2 is 1.95 bits per heavy atom. The first kappa shape index (κ1) is 13.9. The summed E-state index contributed by atoms with van der Waals surface area (Å²) in [6.07, 6.45) is -2.67. The summed E-state index contributed by atoms with van der Waals surface area (Å²) in [6.45, 7) is 0.449. The molecule has 0 spiro atoms. The second-order valence-corrected chi connectivity index (χ2v) is 4.72. The molecule has 0 bridgehead atoms. The number of pyridine rings is 1. The van der Waals surface area contributed by atoms with Crippen LogP contribution in [-0.2, 0) is 12.7 Å². The smallest absolute Gasteiger partial charge is 0.378 e. The molecule has 6 heteroatoms. The van der Waals surface area contributed by atoms with Crippen LogP contribution in [0.25, 0.3) is 0 Å². The normalized spacial score (nSPS) is 11.4. The number of benzene rings is 1. The van der Waals surface area contributed by atoms with Gasteiger partial charge >= 0.3 is 6.18 Å². The number of nitrogens with one attached hydrogen (secondary N) is 1. The molecule has 0 atom stereocenters. The largest absolute Gasteiger partial charge is 0.416 e. The van der Waals surface area contributed by atoms with E-state index in [0.29, 0.717) is 16.7 Å². The van der Waals surface area contributed by atoms with E-state index in [1.165, 1.54) is 6.07 Å². The van der Waals surface area contributed by atoms with Crippen molar-refractivity contribution in [2.45, 2.75) is 12.7 Å². The van der Waals surface area contributed by atoms with Gasteiger partial charge in [-0.1, -0.05) is 6.07 Å². The van der Waals surface area contributed by atoms with Crippen LogP contribution in [0.4, 0.5) is 18.9 Å². The molecule has 1 N–H and O–H groups in total. The van der Waals surface area contributed by atoms with Crippen molar-refractivity contribution < 1.29 is 13.2 Å². The molecule has 0 fully saturated rings. The Labute approximate surface area is 116 Å². The lowest BCUT2D eigenvalue weighted by Gasteiger charge is -2.11. The summed E-state index contributed by atoms with van der Waals surface area (Å²) in [4.78, 5) is 4.12. The third-order valence-electron chi connectivity index (χ3n) is 2.48. The Kier molecular flexibility index (Phi) is 4.09. The van der Waals surface area contributed by atoms with Crippen molar-refractivity contribution >= 4 is 21.6 Å². The van der Waals surface area contributed by atoms with Crippen LogP contribution in [0.2, 0.25) is 0 Å². The molecule has 0 aliphatic carbocycles. The zero-order valence-corrected chi connectivity index (χ0v) is 11.3. The summed E-state index contributed by atoms with van der Waals surface area (Å²) in [6, 6.07) is 9.00. The number of nitrogens with zero attached hydrogens (tertiary/aromatic N) is 1. The Bertz CT molecular complexity index is 556. The second-order valence-electron chi connectivity index (χ2n) is 3.87. The molecule has 0 aliphatic heterocycles. The molecule has 1 aromatic carbocycles. The van der Waals surface area contributed by atoms with Gasteiger partial charge in [0, 0.05) is 16.4 Å². The Balaban J connectivity index is 2.10. The minimum atomic E-state index is -4.33. The number of alkyl halides is 3. The SMILES string of the molecule is FC(F)(F)c1ccc(NCc2ccccn2)c(Br)c1. The number of rotatable bonds is 3. The maximum Gasteiger partial charge on any atom is 0.416 e. The van der Waals surface area contributed by atoms with Gasteiger partial charge < -0.3 is 5.32 Å². The van der Waals surface area contributed by atoms with E-state index in [9.17, 15) is 13.2 Å². The van der Waals surface area contributed by atoms with Crippen molar-refractivity contribution in [3.05, 3.63) is 58.3 Å². The molecule has 0 radical (unpaired) electrons. The van der Waals surface area contributed by atoms with E-state index in [4.69, 9.17) is 0 Å². The number of aromatic nitrogens is 1. The fraction of sp³-hybridized carbons (Fsp3) is 0.154. The van der Waals surface area contributed by atoms with Gasteiger partial charge in [-0.05, 0) is 46.3 Å². The molecular formula is C13H10BrF3N2. The first-order valence-electron chi connectivity index (χ1n) is 5.47. The maximum absolute atomic E-state index is 12.5. The zero-order valence-electron chi connectivity index (χ0n) is 9.71. The summed E-state index contributed by atoms with van der Waals surface area (Å²) in [5.74, 6) is 0. The standard InChI is InChI=1S/C13H10BrF3N2/c14-11-7-9(13(15,16)17)4-5-12(11)19-8-10-3-1-2-6-18-10/h1-7,19H,8H2. The molecular weight excluding hydrogens is 321 g/mol. The summed E-state index contributed by atoms with van der Waals surface area (Å²) in [5.41, 5.74) is 0.732. The summed E-state index contributed by atoms with van der Waals surface area (Å²) < 4.78 is 37.9. The quantitative estimate of drug-likeness (QED) is 0.897. The van der Waals surface area contributed by atoms with E-state index in [-0.39, 0.29) is 0 Å². The van der Waals surface area contributed by atoms with Gasteiger partial charge in [0.25, 0.3) is 0 Å². The average Bonchev–Trinajstić information content (AvgIpc) is 2.37.